The molecule has 0 aromatic carbocycles. The highest BCUT2D eigenvalue weighted by atomic mass is 16.5. The van der Waals surface area contributed by atoms with Crippen LogP contribution in [-0.4, -0.2) is 87.6 Å². The van der Waals surface area contributed by atoms with Crippen molar-refractivity contribution in [3.05, 3.63) is 24.8 Å². The number of piperazine rings is 1. The Bertz CT molecular complexity index is 886. The predicted molar refractivity (Wildman–Crippen MR) is 103 cm³/mol. The van der Waals surface area contributed by atoms with Gasteiger partial charge in [0.2, 0.25) is 0 Å². The summed E-state index contributed by atoms with van der Waals surface area (Å²) in [7, 11) is 1.89. The molecule has 5 rings (SSSR count). The van der Waals surface area contributed by atoms with Gasteiger partial charge < -0.3 is 19.4 Å². The van der Waals surface area contributed by atoms with Gasteiger partial charge in [-0.1, -0.05) is 0 Å². The standard InChI is InChI=1S/C19H25N7O2/c1-14-8-24(17-7-20-6-16(22-17)15-5-21-23(2)9-15)3-4-26(14)18(27)25-10-19(11-25)12-28-13-19/h5-7,9,14H,3-4,8,10-13H2,1-2H3/t14-/m1/s1. The van der Waals surface area contributed by atoms with E-state index in [0.717, 1.165) is 56.5 Å². The molecule has 148 valence electrons. The molecule has 3 aliphatic heterocycles. The third-order valence-corrected chi connectivity index (χ3v) is 5.96. The van der Waals surface area contributed by atoms with Gasteiger partial charge in [-0.25, -0.2) is 9.78 Å². The Morgan fingerprint density at radius 3 is 2.68 bits per heavy atom. The number of aryl methyl sites for hydroxylation is 1. The van der Waals surface area contributed by atoms with Gasteiger partial charge in [0.05, 0.1) is 42.9 Å². The quantitative estimate of drug-likeness (QED) is 0.765. The highest BCUT2D eigenvalue weighted by Gasteiger charge is 2.51. The number of carbonyl (C=O) groups is 1. The second-order valence-electron chi connectivity index (χ2n) is 8.29. The molecule has 28 heavy (non-hydrogen) atoms. The minimum atomic E-state index is 0.124. The van der Waals surface area contributed by atoms with Gasteiger partial charge in [-0.05, 0) is 6.92 Å². The molecule has 0 radical (unpaired) electrons. The van der Waals surface area contributed by atoms with E-state index in [-0.39, 0.29) is 17.5 Å². The van der Waals surface area contributed by atoms with Crippen molar-refractivity contribution in [1.82, 2.24) is 29.5 Å². The summed E-state index contributed by atoms with van der Waals surface area (Å²) >= 11 is 0. The number of hydrogen-bond donors (Lipinski definition) is 0. The van der Waals surface area contributed by atoms with Crippen LogP contribution >= 0.6 is 0 Å². The van der Waals surface area contributed by atoms with Gasteiger partial charge in [0, 0.05) is 57.6 Å². The largest absolute Gasteiger partial charge is 0.380 e. The Morgan fingerprint density at radius 1 is 1.21 bits per heavy atom. The maximum atomic E-state index is 12.9. The lowest BCUT2D eigenvalue weighted by molar-refractivity contribution is -0.177. The number of ether oxygens (including phenoxy) is 1. The van der Waals surface area contributed by atoms with Crippen LogP contribution in [0.25, 0.3) is 11.3 Å². The van der Waals surface area contributed by atoms with Crippen molar-refractivity contribution in [1.29, 1.82) is 0 Å². The Hall–Kier alpha value is -2.68. The molecular weight excluding hydrogens is 358 g/mol. The molecule has 2 amide bonds. The van der Waals surface area contributed by atoms with Gasteiger partial charge in [0.25, 0.3) is 0 Å². The summed E-state index contributed by atoms with van der Waals surface area (Å²) in [5.74, 6) is 0.842. The lowest BCUT2D eigenvalue weighted by Gasteiger charge is -2.56. The van der Waals surface area contributed by atoms with Crippen LogP contribution in [0, 0.1) is 5.41 Å². The van der Waals surface area contributed by atoms with Crippen LogP contribution in [-0.2, 0) is 11.8 Å². The fourth-order valence-corrected chi connectivity index (χ4v) is 4.30. The Balaban J connectivity index is 1.24. The average molecular weight is 383 g/mol. The summed E-state index contributed by atoms with van der Waals surface area (Å²) in [6.07, 6.45) is 7.27. The van der Waals surface area contributed by atoms with Crippen LogP contribution in [0.1, 0.15) is 6.92 Å². The van der Waals surface area contributed by atoms with E-state index in [0.29, 0.717) is 6.54 Å². The molecule has 2 aromatic rings. The fourth-order valence-electron chi connectivity index (χ4n) is 4.30. The first-order valence-electron chi connectivity index (χ1n) is 9.72. The maximum absolute atomic E-state index is 12.9. The molecule has 3 aliphatic rings. The zero-order valence-electron chi connectivity index (χ0n) is 16.3. The highest BCUT2D eigenvalue weighted by molar-refractivity contribution is 5.76. The summed E-state index contributed by atoms with van der Waals surface area (Å²) in [5, 5.41) is 4.21. The summed E-state index contributed by atoms with van der Waals surface area (Å²) in [4.78, 5) is 28.1. The summed E-state index contributed by atoms with van der Waals surface area (Å²) in [6.45, 7) is 7.55. The topological polar surface area (TPSA) is 79.6 Å². The number of likely N-dealkylation sites (tertiary alicyclic amines) is 1. The Kier molecular flexibility index (Phi) is 4.01. The first-order valence-corrected chi connectivity index (χ1v) is 9.72. The predicted octanol–water partition coefficient (Wildman–Crippen LogP) is 0.840. The van der Waals surface area contributed by atoms with Crippen molar-refractivity contribution in [3.8, 4) is 11.3 Å². The molecule has 1 atom stereocenters. The average Bonchev–Trinajstić information content (AvgIpc) is 3.06. The number of amides is 2. The molecule has 0 aliphatic carbocycles. The molecule has 3 fully saturated rings. The molecule has 0 saturated carbocycles. The maximum Gasteiger partial charge on any atom is 0.320 e. The van der Waals surface area contributed by atoms with Gasteiger partial charge in [-0.15, -0.1) is 0 Å². The highest BCUT2D eigenvalue weighted by Crippen LogP contribution is 2.38. The smallest absolute Gasteiger partial charge is 0.320 e. The van der Waals surface area contributed by atoms with Crippen LogP contribution in [0.2, 0.25) is 0 Å². The lowest BCUT2D eigenvalue weighted by Crippen LogP contribution is -2.70. The summed E-state index contributed by atoms with van der Waals surface area (Å²) in [5.41, 5.74) is 2.01. The third-order valence-electron chi connectivity index (χ3n) is 5.96. The SMILES string of the molecule is C[C@@H]1CN(c2cncc(-c3cnn(C)c3)n2)CCN1C(=O)N1CC2(COC2)C1. The van der Waals surface area contributed by atoms with Crippen LogP contribution in [0.5, 0.6) is 0 Å². The van der Waals surface area contributed by atoms with E-state index in [2.05, 4.69) is 21.9 Å². The van der Waals surface area contributed by atoms with E-state index in [1.54, 1.807) is 23.3 Å². The molecule has 2 aromatic heterocycles. The number of carbonyl (C=O) groups excluding carboxylic acids is 1. The van der Waals surface area contributed by atoms with Gasteiger partial charge in [-0.2, -0.15) is 5.10 Å². The fraction of sp³-hybridized carbons (Fsp3) is 0.579. The second-order valence-corrected chi connectivity index (χ2v) is 8.29. The normalized spacial score (nSPS) is 23.5. The molecule has 3 saturated heterocycles. The monoisotopic (exact) mass is 383 g/mol. The van der Waals surface area contributed by atoms with Gasteiger partial charge in [0.15, 0.2) is 0 Å². The summed E-state index contributed by atoms with van der Waals surface area (Å²) in [6, 6.07) is 0.277. The van der Waals surface area contributed by atoms with Crippen molar-refractivity contribution in [2.75, 3.05) is 50.8 Å². The zero-order valence-corrected chi connectivity index (χ0v) is 16.3. The molecule has 9 heteroatoms. The van der Waals surface area contributed by atoms with E-state index in [9.17, 15) is 4.79 Å². The number of anilines is 1. The minimum absolute atomic E-state index is 0.124. The van der Waals surface area contributed by atoms with Crippen LogP contribution in [0.3, 0.4) is 0 Å². The Labute approximate surface area is 163 Å². The third kappa shape index (κ3) is 2.90. The van der Waals surface area contributed by atoms with Crippen LogP contribution in [0.15, 0.2) is 24.8 Å². The number of hydrogen-bond acceptors (Lipinski definition) is 6. The summed E-state index contributed by atoms with van der Waals surface area (Å²) < 4.78 is 7.06. The second kappa shape index (κ2) is 6.44. The van der Waals surface area contributed by atoms with Gasteiger partial charge in [-0.3, -0.25) is 9.67 Å². The van der Waals surface area contributed by atoms with Crippen molar-refractivity contribution >= 4 is 11.8 Å². The van der Waals surface area contributed by atoms with Crippen LogP contribution in [0.4, 0.5) is 10.6 Å². The van der Waals surface area contributed by atoms with Crippen molar-refractivity contribution < 1.29 is 9.53 Å². The first-order chi connectivity index (χ1) is 13.5. The molecule has 0 unspecified atom stereocenters. The molecule has 0 bridgehead atoms. The molecule has 5 heterocycles. The molecule has 1 spiro atoms. The molecular formula is C19H25N7O2. The molecule has 9 nitrogen and oxygen atoms in total. The molecule has 0 N–H and O–H groups in total. The number of nitrogens with zero attached hydrogens (tertiary/aromatic N) is 7. The van der Waals surface area contributed by atoms with Crippen molar-refractivity contribution in [2.45, 2.75) is 13.0 Å². The van der Waals surface area contributed by atoms with E-state index < -0.39 is 0 Å². The van der Waals surface area contributed by atoms with E-state index in [1.165, 1.54) is 0 Å². The van der Waals surface area contributed by atoms with E-state index >= 15 is 0 Å². The van der Waals surface area contributed by atoms with E-state index in [1.807, 2.05) is 23.0 Å². The van der Waals surface area contributed by atoms with Crippen molar-refractivity contribution in [2.24, 2.45) is 12.5 Å². The van der Waals surface area contributed by atoms with Crippen LogP contribution < -0.4 is 4.90 Å². The van der Waals surface area contributed by atoms with Gasteiger partial charge >= 0.3 is 6.03 Å². The minimum Gasteiger partial charge on any atom is -0.380 e. The van der Waals surface area contributed by atoms with Gasteiger partial charge in [0.1, 0.15) is 5.82 Å². The Morgan fingerprint density at radius 2 is 2.04 bits per heavy atom. The number of urea groups is 1. The van der Waals surface area contributed by atoms with Crippen molar-refractivity contribution in [3.63, 3.8) is 0 Å². The number of rotatable bonds is 2. The zero-order chi connectivity index (χ0) is 19.3. The number of aromatic nitrogens is 4. The lowest BCUT2D eigenvalue weighted by atomic mass is 9.78. The first kappa shape index (κ1) is 17.4. The van der Waals surface area contributed by atoms with E-state index in [4.69, 9.17) is 9.72 Å².